The van der Waals surface area contributed by atoms with Crippen molar-refractivity contribution < 1.29 is 0 Å². The normalized spacial score (nSPS) is 13.7. The highest BCUT2D eigenvalue weighted by atomic mass is 32.1. The maximum atomic E-state index is 13.4. The zero-order valence-corrected chi connectivity index (χ0v) is 19.9. The van der Waals surface area contributed by atoms with Gasteiger partial charge in [-0.05, 0) is 25.7 Å². The summed E-state index contributed by atoms with van der Waals surface area (Å²) in [5.41, 5.74) is 4.21. The molecule has 1 aliphatic rings. The van der Waals surface area contributed by atoms with E-state index in [2.05, 4.69) is 25.3 Å². The van der Waals surface area contributed by atoms with Crippen molar-refractivity contribution in [3.63, 3.8) is 0 Å². The molecule has 34 heavy (non-hydrogen) atoms. The number of aromatic amines is 1. The second-order valence-corrected chi connectivity index (χ2v) is 9.99. The lowest BCUT2D eigenvalue weighted by Crippen LogP contribution is -2.13. The van der Waals surface area contributed by atoms with Crippen LogP contribution in [0.3, 0.4) is 0 Å². The number of benzene rings is 2. The highest BCUT2D eigenvalue weighted by Crippen LogP contribution is 2.46. The van der Waals surface area contributed by atoms with Crippen molar-refractivity contribution in [2.45, 2.75) is 25.7 Å². The van der Waals surface area contributed by atoms with Gasteiger partial charge in [-0.15, -0.1) is 21.6 Å². The van der Waals surface area contributed by atoms with Gasteiger partial charge < -0.3 is 0 Å². The molecule has 5 aromatic rings. The van der Waals surface area contributed by atoms with E-state index in [0.29, 0.717) is 21.9 Å². The Bertz CT molecular complexity index is 1540. The first-order valence-corrected chi connectivity index (χ1v) is 12.7. The number of nitrogens with zero attached hydrogens (tertiary/aromatic N) is 5. The standard InChI is InChI=1S/C25H20N6OS2/c1-15-22(18-12-13-18)34-24(26-15)29-28-21-20(17-10-6-3-7-11-17)30-31(23(21)32)25-27-19(14-33-25)16-8-4-2-5-9-16/h2-11,14,18,30H,12-13H2,1H3. The number of hydrogen-bond donors (Lipinski definition) is 1. The molecule has 1 N–H and O–H groups in total. The van der Waals surface area contributed by atoms with Crippen LogP contribution in [0, 0.1) is 6.92 Å². The molecule has 0 saturated heterocycles. The average molecular weight is 485 g/mol. The molecule has 7 nitrogen and oxygen atoms in total. The monoisotopic (exact) mass is 484 g/mol. The molecule has 0 spiro atoms. The van der Waals surface area contributed by atoms with Crippen LogP contribution in [-0.4, -0.2) is 19.7 Å². The first-order chi connectivity index (χ1) is 16.7. The fourth-order valence-electron chi connectivity index (χ4n) is 3.82. The van der Waals surface area contributed by atoms with E-state index < -0.39 is 0 Å². The van der Waals surface area contributed by atoms with Crippen LogP contribution in [0.15, 0.2) is 81.1 Å². The third kappa shape index (κ3) is 3.93. The summed E-state index contributed by atoms with van der Waals surface area (Å²) >= 11 is 2.96. The molecule has 0 atom stereocenters. The summed E-state index contributed by atoms with van der Waals surface area (Å²) in [5, 5.41) is 15.0. The molecule has 0 aliphatic heterocycles. The molecule has 3 aromatic heterocycles. The summed E-state index contributed by atoms with van der Waals surface area (Å²) in [6.45, 7) is 2.01. The van der Waals surface area contributed by atoms with E-state index in [1.165, 1.54) is 33.7 Å². The Morgan fingerprint density at radius 3 is 2.38 bits per heavy atom. The van der Waals surface area contributed by atoms with E-state index in [-0.39, 0.29) is 11.2 Å². The van der Waals surface area contributed by atoms with Gasteiger partial charge in [-0.2, -0.15) is 4.68 Å². The van der Waals surface area contributed by atoms with Gasteiger partial charge >= 0.3 is 5.56 Å². The molecule has 168 valence electrons. The third-order valence-electron chi connectivity index (χ3n) is 5.69. The second-order valence-electron chi connectivity index (χ2n) is 8.14. The molecular formula is C25H20N6OS2. The molecule has 0 amide bonds. The summed E-state index contributed by atoms with van der Waals surface area (Å²) in [6.07, 6.45) is 2.41. The van der Waals surface area contributed by atoms with Gasteiger partial charge in [-0.25, -0.2) is 9.97 Å². The van der Waals surface area contributed by atoms with Crippen LogP contribution in [0.5, 0.6) is 0 Å². The largest absolute Gasteiger partial charge is 0.301 e. The van der Waals surface area contributed by atoms with Crippen LogP contribution in [0.1, 0.15) is 29.3 Å². The Hall–Kier alpha value is -3.69. The number of hydrogen-bond acceptors (Lipinski definition) is 7. The van der Waals surface area contributed by atoms with Crippen molar-refractivity contribution >= 4 is 33.5 Å². The van der Waals surface area contributed by atoms with Gasteiger partial charge in [0.25, 0.3) is 0 Å². The molecular weight excluding hydrogens is 464 g/mol. The average Bonchev–Trinajstić information content (AvgIpc) is 3.32. The quantitative estimate of drug-likeness (QED) is 0.263. The molecule has 3 heterocycles. The van der Waals surface area contributed by atoms with Crippen molar-refractivity contribution in [3.05, 3.63) is 87.0 Å². The molecule has 6 rings (SSSR count). The summed E-state index contributed by atoms with van der Waals surface area (Å²) < 4.78 is 1.44. The first kappa shape index (κ1) is 20.9. The Balaban J connectivity index is 1.42. The fraction of sp³-hybridized carbons (Fsp3) is 0.160. The van der Waals surface area contributed by atoms with Crippen molar-refractivity contribution in [1.82, 2.24) is 19.7 Å². The number of aromatic nitrogens is 4. The first-order valence-electron chi connectivity index (χ1n) is 11.0. The molecule has 2 aromatic carbocycles. The molecule has 1 saturated carbocycles. The maximum absolute atomic E-state index is 13.4. The number of aryl methyl sites for hydroxylation is 1. The van der Waals surface area contributed by atoms with Gasteiger partial charge in [-0.3, -0.25) is 9.89 Å². The Morgan fingerprint density at radius 1 is 0.971 bits per heavy atom. The lowest BCUT2D eigenvalue weighted by molar-refractivity contribution is 0.843. The third-order valence-corrected chi connectivity index (χ3v) is 7.72. The van der Waals surface area contributed by atoms with Crippen LogP contribution >= 0.6 is 22.7 Å². The van der Waals surface area contributed by atoms with E-state index in [1.54, 1.807) is 11.3 Å². The van der Waals surface area contributed by atoms with E-state index in [4.69, 9.17) is 0 Å². The maximum Gasteiger partial charge on any atom is 0.301 e. The number of thiazole rings is 2. The lowest BCUT2D eigenvalue weighted by atomic mass is 10.1. The van der Waals surface area contributed by atoms with E-state index in [0.717, 1.165) is 22.5 Å². The zero-order valence-electron chi connectivity index (χ0n) is 18.3. The zero-order chi connectivity index (χ0) is 23.1. The van der Waals surface area contributed by atoms with Crippen LogP contribution in [-0.2, 0) is 0 Å². The van der Waals surface area contributed by atoms with Crippen molar-refractivity contribution in [2.75, 3.05) is 0 Å². The lowest BCUT2D eigenvalue weighted by Gasteiger charge is -1.99. The second kappa shape index (κ2) is 8.58. The summed E-state index contributed by atoms with van der Waals surface area (Å²) in [7, 11) is 0. The number of rotatable bonds is 6. The number of H-pyrrole nitrogens is 1. The van der Waals surface area contributed by atoms with Gasteiger partial charge in [-0.1, -0.05) is 72.0 Å². The topological polar surface area (TPSA) is 88.3 Å². The Labute approximate surface area is 203 Å². The summed E-state index contributed by atoms with van der Waals surface area (Å²) in [6, 6.07) is 19.6. The highest BCUT2D eigenvalue weighted by molar-refractivity contribution is 7.15. The summed E-state index contributed by atoms with van der Waals surface area (Å²) in [5.74, 6) is 0.606. The molecule has 0 unspecified atom stereocenters. The minimum Gasteiger partial charge on any atom is -0.286 e. The summed E-state index contributed by atoms with van der Waals surface area (Å²) in [4.78, 5) is 24.0. The van der Waals surface area contributed by atoms with Gasteiger partial charge in [0.2, 0.25) is 10.3 Å². The van der Waals surface area contributed by atoms with E-state index >= 15 is 0 Å². The minimum atomic E-state index is -0.299. The van der Waals surface area contributed by atoms with Gasteiger partial charge in [0.15, 0.2) is 5.69 Å². The molecule has 1 fully saturated rings. The predicted molar refractivity (Wildman–Crippen MR) is 136 cm³/mol. The molecule has 0 bridgehead atoms. The SMILES string of the molecule is Cc1nc(N=Nc2c(-c3ccccc3)[nH]n(-c3nc(-c4ccccc4)cs3)c2=O)sc1C1CC1. The van der Waals surface area contributed by atoms with Crippen LogP contribution in [0.25, 0.3) is 27.6 Å². The van der Waals surface area contributed by atoms with Gasteiger partial charge in [0.05, 0.1) is 17.1 Å². The van der Waals surface area contributed by atoms with Crippen LogP contribution in [0.2, 0.25) is 0 Å². The molecule has 9 heteroatoms. The Kier molecular flexibility index (Phi) is 5.27. The molecule has 0 radical (unpaired) electrons. The van der Waals surface area contributed by atoms with Gasteiger partial charge in [0, 0.05) is 21.4 Å². The fourth-order valence-corrected chi connectivity index (χ4v) is 5.67. The van der Waals surface area contributed by atoms with Crippen molar-refractivity contribution in [3.8, 4) is 27.6 Å². The van der Waals surface area contributed by atoms with Crippen LogP contribution in [0.4, 0.5) is 10.8 Å². The minimum absolute atomic E-state index is 0.239. The number of azo groups is 1. The smallest absolute Gasteiger partial charge is 0.286 e. The van der Waals surface area contributed by atoms with Crippen molar-refractivity contribution in [1.29, 1.82) is 0 Å². The number of nitrogens with one attached hydrogen (secondary N) is 1. The highest BCUT2D eigenvalue weighted by Gasteiger charge is 2.28. The Morgan fingerprint density at radius 2 is 1.68 bits per heavy atom. The van der Waals surface area contributed by atoms with Crippen LogP contribution < -0.4 is 5.56 Å². The van der Waals surface area contributed by atoms with Crippen molar-refractivity contribution in [2.24, 2.45) is 10.2 Å². The van der Waals surface area contributed by atoms with E-state index in [9.17, 15) is 4.79 Å². The predicted octanol–water partition coefficient (Wildman–Crippen LogP) is 7.01. The van der Waals surface area contributed by atoms with E-state index in [1.807, 2.05) is 73.0 Å². The molecule has 1 aliphatic carbocycles. The van der Waals surface area contributed by atoms with Gasteiger partial charge in [0.1, 0.15) is 0 Å².